The van der Waals surface area contributed by atoms with Crippen molar-refractivity contribution in [3.63, 3.8) is 0 Å². The van der Waals surface area contributed by atoms with Crippen LogP contribution in [0.3, 0.4) is 0 Å². The largest absolute Gasteiger partial charge is 0.497 e. The average Bonchev–Trinajstić information content (AvgIpc) is 0.897. The molecule has 10 rings (SSSR count). The van der Waals surface area contributed by atoms with E-state index in [0.29, 0.717) is 19.8 Å². The number of hydrogen-bond donors (Lipinski definition) is 0. The number of benzene rings is 10. The van der Waals surface area contributed by atoms with Crippen molar-refractivity contribution in [1.82, 2.24) is 0 Å². The molecular weight excluding hydrogens is 1550 g/mol. The molecule has 0 aliphatic rings. The first-order valence-corrected chi connectivity index (χ1v) is 43.8. The SMILES string of the molecule is CC(C)C(=O)OC(C)(C)c1cc(C(C)(C)C)cc(C(C)(C)C)c1.CC(C)C(=O)OC(C)(C)c1ccccc1.CC(C)C(=O)OCc1c2ccccc2cc2ccccc12.CC(C)C(=O)OCc1cccc2ccccc12.CCC(C)(OC(=O)C(C)C)c1ccccc1.CCC(CC)(OC(=O)C(C)C)c1ccccc1.COc1ccc(COC(=O)C(C)C)cc1. The summed E-state index contributed by atoms with van der Waals surface area (Å²) in [6.45, 7) is 56.0. The standard InChI is InChI=1S/C21H34O2.C19H18O2.C15H16O2.C15H22O2.C14H20O2.C13H18O2.C12H16O3/c1-14(2)18(22)23-21(9,10)17-12-15(19(3,4)5)11-16(13-17)20(6,7)8;1-13(2)19(20)21-12-18-16-9-5-3-7-14(16)11-15-8-4-6-10-17(15)18;1-11(2)15(16)17-10-13-8-5-7-12-6-3-4-9-14(12)13;1-5-15(6-2,17-14(16)12(3)4)13-10-8-7-9-11-13;1-5-14(4,16-13(15)11(2)3)12-9-7-6-8-10-12;1-10(2)12(14)15-13(3,4)11-8-6-5-7-9-11;1-9(2)12(13)15-8-10-4-6-11(14-3)7-5-10/h11-14H,1-10H3;3-11,13H,12H2,1-2H3;3-9,11H,10H2,1-2H3;7-12H,5-6H2,1-4H3;6-11H,5H2,1-4H3;5-10H,1-4H3;4-7,9H,8H2,1-3H3. The van der Waals surface area contributed by atoms with Crippen LogP contribution in [0.4, 0.5) is 0 Å². The molecule has 0 aliphatic heterocycles. The molecule has 10 aromatic rings. The number of rotatable bonds is 25. The van der Waals surface area contributed by atoms with Crippen LogP contribution in [0.5, 0.6) is 5.75 Å². The third kappa shape index (κ3) is 33.6. The van der Waals surface area contributed by atoms with E-state index in [0.717, 1.165) is 80.1 Å². The quantitative estimate of drug-likeness (QED) is 0.0298. The zero-order valence-corrected chi connectivity index (χ0v) is 79.8. The monoisotopic (exact) mass is 1690 g/mol. The van der Waals surface area contributed by atoms with Gasteiger partial charge in [-0.25, -0.2) is 0 Å². The molecule has 670 valence electrons. The van der Waals surface area contributed by atoms with Crippen LogP contribution in [0.1, 0.15) is 263 Å². The summed E-state index contributed by atoms with van der Waals surface area (Å²) in [5, 5.41) is 6.95. The Kier molecular flexibility index (Phi) is 42.1. The molecule has 0 aromatic heterocycles. The molecule has 0 fully saturated rings. The minimum absolute atomic E-state index is 0.0497. The van der Waals surface area contributed by atoms with Gasteiger partial charge in [0, 0.05) is 5.56 Å². The van der Waals surface area contributed by atoms with Crippen molar-refractivity contribution in [2.75, 3.05) is 7.11 Å². The lowest BCUT2D eigenvalue weighted by molar-refractivity contribution is -0.166. The molecule has 0 aliphatic carbocycles. The van der Waals surface area contributed by atoms with E-state index in [4.69, 9.17) is 37.9 Å². The molecule has 0 bridgehead atoms. The van der Waals surface area contributed by atoms with Crippen LogP contribution in [0.25, 0.3) is 32.3 Å². The Morgan fingerprint density at radius 2 is 0.613 bits per heavy atom. The summed E-state index contributed by atoms with van der Waals surface area (Å²) in [6, 6.07) is 76.5. The highest BCUT2D eigenvalue weighted by atomic mass is 16.6. The number of carbonyl (C=O) groups is 7. The van der Waals surface area contributed by atoms with Gasteiger partial charge in [-0.15, -0.1) is 0 Å². The van der Waals surface area contributed by atoms with Crippen molar-refractivity contribution in [2.24, 2.45) is 41.4 Å². The van der Waals surface area contributed by atoms with Gasteiger partial charge in [0.2, 0.25) is 0 Å². The van der Waals surface area contributed by atoms with Crippen molar-refractivity contribution in [1.29, 1.82) is 0 Å². The van der Waals surface area contributed by atoms with Gasteiger partial charge in [0.05, 0.1) is 48.5 Å². The van der Waals surface area contributed by atoms with E-state index in [9.17, 15) is 33.6 Å². The number of carbonyl (C=O) groups excluding carboxylic acids is 7. The van der Waals surface area contributed by atoms with E-state index in [1.54, 1.807) is 7.11 Å². The normalized spacial score (nSPS) is 11.9. The highest BCUT2D eigenvalue weighted by Gasteiger charge is 2.35. The zero-order chi connectivity index (χ0) is 93.1. The Morgan fingerprint density at radius 1 is 0.282 bits per heavy atom. The summed E-state index contributed by atoms with van der Waals surface area (Å²) in [6.07, 6.45) is 2.37. The molecule has 124 heavy (non-hydrogen) atoms. The topological polar surface area (TPSA) is 193 Å². The van der Waals surface area contributed by atoms with Gasteiger partial charge in [-0.05, 0) is 160 Å². The van der Waals surface area contributed by atoms with Crippen LogP contribution in [0.15, 0.2) is 231 Å². The summed E-state index contributed by atoms with van der Waals surface area (Å²) in [5.74, 6) is -0.937. The number of esters is 7. The highest BCUT2D eigenvalue weighted by molar-refractivity contribution is 6.02. The molecule has 1 atom stereocenters. The van der Waals surface area contributed by atoms with E-state index >= 15 is 0 Å². The lowest BCUT2D eigenvalue weighted by Gasteiger charge is -2.32. The maximum atomic E-state index is 12.1. The molecule has 0 heterocycles. The molecule has 15 nitrogen and oxygen atoms in total. The molecule has 0 amide bonds. The first-order valence-electron chi connectivity index (χ1n) is 43.8. The summed E-state index contributed by atoms with van der Waals surface area (Å²) in [4.78, 5) is 81.5. The molecule has 10 aromatic carbocycles. The predicted molar refractivity (Wildman–Crippen MR) is 505 cm³/mol. The Morgan fingerprint density at radius 3 is 1.01 bits per heavy atom. The minimum Gasteiger partial charge on any atom is -0.497 e. The second-order valence-electron chi connectivity index (χ2n) is 36.6. The van der Waals surface area contributed by atoms with Crippen LogP contribution in [0, 0.1) is 41.4 Å². The van der Waals surface area contributed by atoms with E-state index in [2.05, 4.69) is 116 Å². The molecule has 0 N–H and O–H groups in total. The van der Waals surface area contributed by atoms with Crippen molar-refractivity contribution in [3.05, 3.63) is 281 Å². The van der Waals surface area contributed by atoms with E-state index in [1.165, 1.54) is 27.3 Å². The number of hydrogen-bond acceptors (Lipinski definition) is 15. The maximum Gasteiger partial charge on any atom is 0.309 e. The van der Waals surface area contributed by atoms with Gasteiger partial charge in [-0.2, -0.15) is 0 Å². The fourth-order valence-corrected chi connectivity index (χ4v) is 12.3. The van der Waals surface area contributed by atoms with Crippen molar-refractivity contribution in [3.8, 4) is 5.75 Å². The maximum absolute atomic E-state index is 12.1. The van der Waals surface area contributed by atoms with Gasteiger partial charge < -0.3 is 37.9 Å². The summed E-state index contributed by atoms with van der Waals surface area (Å²) < 4.78 is 43.4. The van der Waals surface area contributed by atoms with Crippen LogP contribution in [-0.2, 0) is 120 Å². The Hall–Kier alpha value is -10.9. The Labute approximate surface area is 742 Å². The first kappa shape index (κ1) is 105. The van der Waals surface area contributed by atoms with Gasteiger partial charge >= 0.3 is 41.8 Å². The summed E-state index contributed by atoms with van der Waals surface area (Å²) in [7, 11) is 1.62. The van der Waals surface area contributed by atoms with Gasteiger partial charge in [-0.1, -0.05) is 372 Å². The minimum atomic E-state index is -0.636. The van der Waals surface area contributed by atoms with Crippen LogP contribution in [-0.4, -0.2) is 48.9 Å². The van der Waals surface area contributed by atoms with Crippen LogP contribution in [0.2, 0.25) is 0 Å². The number of ether oxygens (including phenoxy) is 8. The van der Waals surface area contributed by atoms with Gasteiger partial charge in [0.25, 0.3) is 0 Å². The molecule has 0 radical (unpaired) electrons. The Balaban J connectivity index is 0.000000305. The fourth-order valence-electron chi connectivity index (χ4n) is 12.3. The molecule has 0 spiro atoms. The number of methoxy groups -OCH3 is 1. The first-order chi connectivity index (χ1) is 58.1. The number of fused-ring (bicyclic) bond motifs is 3. The third-order valence-corrected chi connectivity index (χ3v) is 21.0. The van der Waals surface area contributed by atoms with Crippen LogP contribution < -0.4 is 4.74 Å². The zero-order valence-electron chi connectivity index (χ0n) is 79.8. The second kappa shape index (κ2) is 49.5. The predicted octanol–water partition coefficient (Wildman–Crippen LogP) is 26.9. The van der Waals surface area contributed by atoms with E-state index < -0.39 is 22.4 Å². The fraction of sp³-hybridized carbons (Fsp3) is 0.440. The van der Waals surface area contributed by atoms with Crippen LogP contribution >= 0.6 is 0 Å². The smallest absolute Gasteiger partial charge is 0.309 e. The molecule has 0 saturated carbocycles. The molecule has 0 saturated heterocycles. The van der Waals surface area contributed by atoms with Crippen molar-refractivity contribution in [2.45, 2.75) is 266 Å². The van der Waals surface area contributed by atoms with Gasteiger partial charge in [0.15, 0.2) is 0 Å². The average molecular weight is 1690 g/mol. The van der Waals surface area contributed by atoms with Gasteiger partial charge in [0.1, 0.15) is 48.0 Å². The lowest BCUT2D eigenvalue weighted by Crippen LogP contribution is -2.32. The second-order valence-corrected chi connectivity index (χ2v) is 36.6. The molecule has 1 unspecified atom stereocenters. The highest BCUT2D eigenvalue weighted by Crippen LogP contribution is 2.38. The van der Waals surface area contributed by atoms with E-state index in [1.807, 2.05) is 308 Å². The Bertz CT molecular complexity index is 4870. The summed E-state index contributed by atoms with van der Waals surface area (Å²) in [5.41, 5.74) is 7.77. The molecule has 15 heteroatoms. The summed E-state index contributed by atoms with van der Waals surface area (Å²) >= 11 is 0. The van der Waals surface area contributed by atoms with Crippen molar-refractivity contribution < 1.29 is 71.5 Å². The lowest BCUT2D eigenvalue weighted by atomic mass is 9.78. The molecular formula is C109H144O15. The van der Waals surface area contributed by atoms with Crippen molar-refractivity contribution >= 4 is 74.1 Å². The van der Waals surface area contributed by atoms with E-state index in [-0.39, 0.29) is 94.0 Å². The van der Waals surface area contributed by atoms with Gasteiger partial charge in [-0.3, -0.25) is 33.6 Å². The third-order valence-electron chi connectivity index (χ3n) is 21.0.